The third kappa shape index (κ3) is 4.78. The number of carbonyl (C=O) groups is 2. The van der Waals surface area contributed by atoms with Gasteiger partial charge in [0.05, 0.1) is 0 Å². The van der Waals surface area contributed by atoms with Crippen LogP contribution < -0.4 is 10.2 Å². The topological polar surface area (TPSA) is 52.7 Å². The second kappa shape index (κ2) is 9.45. The van der Waals surface area contributed by atoms with Crippen LogP contribution in [-0.2, 0) is 0 Å². The fourth-order valence-corrected chi connectivity index (χ4v) is 4.02. The fourth-order valence-electron chi connectivity index (χ4n) is 3.84. The summed E-state index contributed by atoms with van der Waals surface area (Å²) in [4.78, 5) is 29.5. The molecule has 1 aliphatic heterocycles. The molecule has 2 amide bonds. The lowest BCUT2D eigenvalue weighted by Gasteiger charge is -2.36. The van der Waals surface area contributed by atoms with E-state index in [1.165, 1.54) is 0 Å². The molecule has 6 heteroatoms. The van der Waals surface area contributed by atoms with Crippen molar-refractivity contribution in [3.8, 4) is 0 Å². The van der Waals surface area contributed by atoms with Crippen LogP contribution in [0, 0.1) is 13.8 Å². The van der Waals surface area contributed by atoms with Gasteiger partial charge in [0.1, 0.15) is 0 Å². The molecular formula is C26H26ClN3O2. The van der Waals surface area contributed by atoms with Gasteiger partial charge in [0.2, 0.25) is 0 Å². The van der Waals surface area contributed by atoms with Gasteiger partial charge < -0.3 is 15.1 Å². The molecule has 1 heterocycles. The van der Waals surface area contributed by atoms with Crippen molar-refractivity contribution in [2.24, 2.45) is 0 Å². The maximum Gasteiger partial charge on any atom is 0.255 e. The number of nitrogens with zero attached hydrogens (tertiary/aromatic N) is 2. The van der Waals surface area contributed by atoms with Crippen LogP contribution in [0.3, 0.4) is 0 Å². The first-order chi connectivity index (χ1) is 15.4. The van der Waals surface area contributed by atoms with E-state index in [1.54, 1.807) is 12.1 Å². The molecule has 32 heavy (non-hydrogen) atoms. The minimum atomic E-state index is -0.192. The van der Waals surface area contributed by atoms with Crippen LogP contribution in [-0.4, -0.2) is 42.9 Å². The van der Waals surface area contributed by atoms with Gasteiger partial charge in [-0.15, -0.1) is 0 Å². The van der Waals surface area contributed by atoms with E-state index in [-0.39, 0.29) is 11.8 Å². The molecule has 1 aliphatic rings. The number of piperazine rings is 1. The van der Waals surface area contributed by atoms with Crippen molar-refractivity contribution in [3.63, 3.8) is 0 Å². The van der Waals surface area contributed by atoms with E-state index in [4.69, 9.17) is 11.6 Å². The van der Waals surface area contributed by atoms with Crippen LogP contribution in [0.5, 0.6) is 0 Å². The molecule has 1 fully saturated rings. The standard InChI is InChI=1S/C26H26ClN3O2/c1-18-5-3-4-6-23(18)26(32)30-15-13-29(14-16-30)22-11-9-21(10-12-22)28-25(31)20-8-7-19(2)24(27)17-20/h3-12,17H,13-16H2,1-2H3,(H,28,31). The maximum atomic E-state index is 12.8. The second-order valence-electron chi connectivity index (χ2n) is 8.06. The summed E-state index contributed by atoms with van der Waals surface area (Å²) < 4.78 is 0. The van der Waals surface area contributed by atoms with Gasteiger partial charge in [0.15, 0.2) is 0 Å². The maximum absolute atomic E-state index is 12.8. The number of halogens is 1. The van der Waals surface area contributed by atoms with Crippen molar-refractivity contribution in [3.05, 3.63) is 94.0 Å². The number of hydrogen-bond donors (Lipinski definition) is 1. The van der Waals surface area contributed by atoms with Gasteiger partial charge in [-0.2, -0.15) is 0 Å². The van der Waals surface area contributed by atoms with Crippen LogP contribution in [0.2, 0.25) is 5.02 Å². The van der Waals surface area contributed by atoms with E-state index in [0.29, 0.717) is 23.7 Å². The average Bonchev–Trinajstić information content (AvgIpc) is 2.81. The normalized spacial score (nSPS) is 13.7. The van der Waals surface area contributed by atoms with Crippen molar-refractivity contribution < 1.29 is 9.59 Å². The molecule has 1 N–H and O–H groups in total. The molecule has 0 aliphatic carbocycles. The number of aryl methyl sites for hydroxylation is 2. The summed E-state index contributed by atoms with van der Waals surface area (Å²) in [5.74, 6) is -0.0972. The molecule has 164 valence electrons. The molecule has 1 saturated heterocycles. The van der Waals surface area contributed by atoms with Gasteiger partial charge in [-0.1, -0.05) is 35.9 Å². The predicted molar refractivity (Wildman–Crippen MR) is 130 cm³/mol. The van der Waals surface area contributed by atoms with Gasteiger partial charge >= 0.3 is 0 Å². The third-order valence-corrected chi connectivity index (χ3v) is 6.27. The highest BCUT2D eigenvalue weighted by Gasteiger charge is 2.23. The zero-order valence-electron chi connectivity index (χ0n) is 18.3. The van der Waals surface area contributed by atoms with Gasteiger partial charge in [0, 0.05) is 53.7 Å². The van der Waals surface area contributed by atoms with Crippen LogP contribution in [0.15, 0.2) is 66.7 Å². The first-order valence-corrected chi connectivity index (χ1v) is 11.1. The van der Waals surface area contributed by atoms with Crippen molar-refractivity contribution >= 4 is 34.8 Å². The monoisotopic (exact) mass is 447 g/mol. The lowest BCUT2D eigenvalue weighted by atomic mass is 10.1. The number of hydrogen-bond acceptors (Lipinski definition) is 3. The Morgan fingerprint density at radius 1 is 0.844 bits per heavy atom. The fraction of sp³-hybridized carbons (Fsp3) is 0.231. The van der Waals surface area contributed by atoms with Gasteiger partial charge in [-0.3, -0.25) is 9.59 Å². The minimum Gasteiger partial charge on any atom is -0.368 e. The molecule has 0 bridgehead atoms. The Balaban J connectivity index is 1.35. The lowest BCUT2D eigenvalue weighted by Crippen LogP contribution is -2.48. The Hall–Kier alpha value is -3.31. The smallest absolute Gasteiger partial charge is 0.255 e. The quantitative estimate of drug-likeness (QED) is 0.600. The Labute approximate surface area is 193 Å². The van der Waals surface area contributed by atoms with Crippen LogP contribution >= 0.6 is 11.6 Å². The molecule has 0 spiro atoms. The number of amides is 2. The number of anilines is 2. The first kappa shape index (κ1) is 21.9. The number of benzene rings is 3. The predicted octanol–water partition coefficient (Wildman–Crippen LogP) is 5.17. The molecule has 0 unspecified atom stereocenters. The van der Waals surface area contributed by atoms with Gasteiger partial charge in [0.25, 0.3) is 11.8 Å². The summed E-state index contributed by atoms with van der Waals surface area (Å²) in [6.45, 7) is 6.77. The van der Waals surface area contributed by atoms with E-state index in [2.05, 4.69) is 10.2 Å². The van der Waals surface area contributed by atoms with E-state index in [1.807, 2.05) is 73.3 Å². The van der Waals surface area contributed by atoms with Crippen molar-refractivity contribution in [2.45, 2.75) is 13.8 Å². The molecule has 3 aromatic rings. The molecule has 5 nitrogen and oxygen atoms in total. The molecule has 0 radical (unpaired) electrons. The van der Waals surface area contributed by atoms with Gasteiger partial charge in [-0.25, -0.2) is 0 Å². The molecule has 0 saturated carbocycles. The van der Waals surface area contributed by atoms with E-state index < -0.39 is 0 Å². The first-order valence-electron chi connectivity index (χ1n) is 10.7. The molecule has 3 aromatic carbocycles. The van der Waals surface area contributed by atoms with Crippen molar-refractivity contribution in [1.82, 2.24) is 4.90 Å². The highest BCUT2D eigenvalue weighted by molar-refractivity contribution is 6.31. The van der Waals surface area contributed by atoms with E-state index >= 15 is 0 Å². The Bertz CT molecular complexity index is 1140. The second-order valence-corrected chi connectivity index (χ2v) is 8.47. The van der Waals surface area contributed by atoms with Crippen LogP contribution in [0.1, 0.15) is 31.8 Å². The Morgan fingerprint density at radius 3 is 2.19 bits per heavy atom. The summed E-state index contributed by atoms with van der Waals surface area (Å²) in [7, 11) is 0. The molecule has 0 atom stereocenters. The molecular weight excluding hydrogens is 422 g/mol. The summed E-state index contributed by atoms with van der Waals surface area (Å²) in [5, 5.41) is 3.49. The average molecular weight is 448 g/mol. The van der Waals surface area contributed by atoms with Crippen molar-refractivity contribution in [2.75, 3.05) is 36.4 Å². The summed E-state index contributed by atoms with van der Waals surface area (Å²) in [5.41, 5.74) is 5.04. The number of nitrogens with one attached hydrogen (secondary N) is 1. The zero-order chi connectivity index (χ0) is 22.7. The van der Waals surface area contributed by atoms with Gasteiger partial charge in [-0.05, 0) is 67.4 Å². The summed E-state index contributed by atoms with van der Waals surface area (Å²) >= 11 is 6.13. The number of rotatable bonds is 4. The zero-order valence-corrected chi connectivity index (χ0v) is 19.0. The van der Waals surface area contributed by atoms with Crippen LogP contribution in [0.25, 0.3) is 0 Å². The van der Waals surface area contributed by atoms with Crippen molar-refractivity contribution in [1.29, 1.82) is 0 Å². The largest absolute Gasteiger partial charge is 0.368 e. The SMILES string of the molecule is Cc1ccc(C(=O)Nc2ccc(N3CCN(C(=O)c4ccccc4C)CC3)cc2)cc1Cl. The number of carbonyl (C=O) groups excluding carboxylic acids is 2. The van der Waals surface area contributed by atoms with E-state index in [9.17, 15) is 9.59 Å². The van der Waals surface area contributed by atoms with E-state index in [0.717, 1.165) is 41.2 Å². The highest BCUT2D eigenvalue weighted by atomic mass is 35.5. The minimum absolute atomic E-state index is 0.0945. The summed E-state index contributed by atoms with van der Waals surface area (Å²) in [6, 6.07) is 20.8. The highest BCUT2D eigenvalue weighted by Crippen LogP contribution is 2.22. The molecule has 4 rings (SSSR count). The third-order valence-electron chi connectivity index (χ3n) is 5.87. The molecule has 0 aromatic heterocycles. The lowest BCUT2D eigenvalue weighted by molar-refractivity contribution is 0.0746. The summed E-state index contributed by atoms with van der Waals surface area (Å²) in [6.07, 6.45) is 0. The Kier molecular flexibility index (Phi) is 6.47. The van der Waals surface area contributed by atoms with Crippen LogP contribution in [0.4, 0.5) is 11.4 Å². The Morgan fingerprint density at radius 2 is 1.53 bits per heavy atom.